The van der Waals surface area contributed by atoms with Crippen molar-refractivity contribution in [2.45, 2.75) is 52.0 Å². The van der Waals surface area contributed by atoms with Crippen LogP contribution in [-0.2, 0) is 0 Å². The summed E-state index contributed by atoms with van der Waals surface area (Å²) in [6, 6.07) is 13.1. The molecular weight excluding hydrogens is 441 g/mol. The van der Waals surface area contributed by atoms with Crippen molar-refractivity contribution in [1.82, 2.24) is 10.7 Å². The number of allylic oxidation sites excluding steroid dienone is 4. The molecule has 0 bridgehead atoms. The summed E-state index contributed by atoms with van der Waals surface area (Å²) < 4.78 is 13.4. The second-order valence-electron chi connectivity index (χ2n) is 9.75. The number of hydrogen-bond donors (Lipinski definition) is 3. The molecule has 1 unspecified atom stereocenters. The average molecular weight is 474 g/mol. The second kappa shape index (κ2) is 9.61. The first-order valence-corrected chi connectivity index (χ1v) is 12.5. The Labute approximate surface area is 206 Å². The zero-order chi connectivity index (χ0) is 24.5. The number of phenols is 1. The third kappa shape index (κ3) is 4.57. The SMILES string of the molecule is CCCC(C[C@H]1CCC2=C1[C@@H](C)C1=CNN(c3ccc(F)cc3)C1=C2)NC(=O)c1ccc(O)cc1. The molecule has 0 radical (unpaired) electrons. The van der Waals surface area contributed by atoms with Gasteiger partial charge in [-0.05, 0) is 91.8 Å². The maximum absolute atomic E-state index is 13.4. The summed E-state index contributed by atoms with van der Waals surface area (Å²) in [5.41, 5.74) is 10.1. The smallest absolute Gasteiger partial charge is 0.251 e. The van der Waals surface area contributed by atoms with Crippen LogP contribution in [0.3, 0.4) is 0 Å². The summed E-state index contributed by atoms with van der Waals surface area (Å²) in [5, 5.41) is 14.8. The Balaban J connectivity index is 1.34. The molecule has 3 aliphatic rings. The minimum atomic E-state index is -0.241. The number of hydrogen-bond acceptors (Lipinski definition) is 4. The molecule has 2 aromatic carbocycles. The highest BCUT2D eigenvalue weighted by Crippen LogP contribution is 2.49. The molecule has 0 saturated heterocycles. The van der Waals surface area contributed by atoms with Crippen LogP contribution < -0.4 is 15.8 Å². The fourth-order valence-electron chi connectivity index (χ4n) is 5.78. The molecule has 1 amide bonds. The first-order chi connectivity index (χ1) is 16.9. The number of nitrogens with zero attached hydrogens (tertiary/aromatic N) is 1. The van der Waals surface area contributed by atoms with Gasteiger partial charge in [0, 0.05) is 29.3 Å². The van der Waals surface area contributed by atoms with E-state index in [9.17, 15) is 14.3 Å². The van der Waals surface area contributed by atoms with Crippen LogP contribution in [-0.4, -0.2) is 17.1 Å². The Morgan fingerprint density at radius 1 is 1.20 bits per heavy atom. The predicted octanol–water partition coefficient (Wildman–Crippen LogP) is 5.97. The van der Waals surface area contributed by atoms with Gasteiger partial charge in [-0.2, -0.15) is 0 Å². The van der Waals surface area contributed by atoms with Gasteiger partial charge in [-0.15, -0.1) is 0 Å². The van der Waals surface area contributed by atoms with Crippen LogP contribution in [0.5, 0.6) is 5.75 Å². The zero-order valence-electron chi connectivity index (χ0n) is 20.2. The number of carbonyl (C=O) groups excluding carboxylic acids is 1. The lowest BCUT2D eigenvalue weighted by Crippen LogP contribution is -2.36. The van der Waals surface area contributed by atoms with Crippen LogP contribution in [0.15, 0.2) is 83.2 Å². The highest BCUT2D eigenvalue weighted by molar-refractivity contribution is 5.94. The lowest BCUT2D eigenvalue weighted by Gasteiger charge is -2.31. The quantitative estimate of drug-likeness (QED) is 0.464. The third-order valence-electron chi connectivity index (χ3n) is 7.46. The van der Waals surface area contributed by atoms with E-state index in [1.165, 1.54) is 28.9 Å². The second-order valence-corrected chi connectivity index (χ2v) is 9.75. The van der Waals surface area contributed by atoms with E-state index < -0.39 is 0 Å². The first-order valence-electron chi connectivity index (χ1n) is 12.5. The van der Waals surface area contributed by atoms with E-state index in [2.05, 4.69) is 36.9 Å². The Hall–Kier alpha value is -3.54. The Bertz CT molecular complexity index is 1200. The molecule has 2 aromatic rings. The van der Waals surface area contributed by atoms with Crippen molar-refractivity contribution < 1.29 is 14.3 Å². The normalized spacial score (nSPS) is 21.6. The number of amides is 1. The van der Waals surface area contributed by atoms with Gasteiger partial charge in [0.25, 0.3) is 5.91 Å². The molecule has 0 saturated carbocycles. The summed E-state index contributed by atoms with van der Waals surface area (Å²) in [6.45, 7) is 4.42. The molecule has 182 valence electrons. The molecule has 3 atom stereocenters. The first kappa shape index (κ1) is 23.2. The number of phenolic OH excluding ortho intramolecular Hbond substituents is 1. The van der Waals surface area contributed by atoms with E-state index in [0.717, 1.165) is 43.5 Å². The van der Waals surface area contributed by atoms with Crippen molar-refractivity contribution >= 4 is 11.6 Å². The average Bonchev–Trinajstić information content (AvgIpc) is 3.45. The molecule has 6 heteroatoms. The maximum Gasteiger partial charge on any atom is 0.251 e. The number of anilines is 1. The molecule has 0 aromatic heterocycles. The molecule has 5 rings (SSSR count). The van der Waals surface area contributed by atoms with Gasteiger partial charge in [0.2, 0.25) is 0 Å². The van der Waals surface area contributed by atoms with Gasteiger partial charge < -0.3 is 15.8 Å². The number of rotatable bonds is 7. The van der Waals surface area contributed by atoms with E-state index in [0.29, 0.717) is 11.5 Å². The Morgan fingerprint density at radius 2 is 1.94 bits per heavy atom. The van der Waals surface area contributed by atoms with E-state index in [1.807, 2.05) is 5.01 Å². The zero-order valence-corrected chi connectivity index (χ0v) is 20.2. The van der Waals surface area contributed by atoms with E-state index >= 15 is 0 Å². The number of benzene rings is 2. The summed E-state index contributed by atoms with van der Waals surface area (Å²) in [4.78, 5) is 12.8. The van der Waals surface area contributed by atoms with Gasteiger partial charge in [0.05, 0.1) is 11.4 Å². The monoisotopic (exact) mass is 473 g/mol. The summed E-state index contributed by atoms with van der Waals surface area (Å²) in [6.07, 6.45) is 9.33. The van der Waals surface area contributed by atoms with Crippen molar-refractivity contribution in [3.63, 3.8) is 0 Å². The lowest BCUT2D eigenvalue weighted by atomic mass is 9.78. The predicted molar refractivity (Wildman–Crippen MR) is 136 cm³/mol. The Kier molecular flexibility index (Phi) is 6.37. The molecular formula is C29H32FN3O2. The molecule has 1 heterocycles. The molecule has 1 aliphatic heterocycles. The largest absolute Gasteiger partial charge is 0.508 e. The van der Waals surface area contributed by atoms with Gasteiger partial charge in [-0.25, -0.2) is 4.39 Å². The van der Waals surface area contributed by atoms with Crippen LogP contribution in [0.25, 0.3) is 0 Å². The van der Waals surface area contributed by atoms with Crippen molar-refractivity contribution in [3.8, 4) is 5.75 Å². The van der Waals surface area contributed by atoms with E-state index in [-0.39, 0.29) is 29.4 Å². The molecule has 5 nitrogen and oxygen atoms in total. The fourth-order valence-corrected chi connectivity index (χ4v) is 5.78. The van der Waals surface area contributed by atoms with Crippen LogP contribution in [0.4, 0.5) is 10.1 Å². The van der Waals surface area contributed by atoms with E-state index in [4.69, 9.17) is 0 Å². The van der Waals surface area contributed by atoms with Crippen LogP contribution in [0.2, 0.25) is 0 Å². The minimum Gasteiger partial charge on any atom is -0.508 e. The molecule has 35 heavy (non-hydrogen) atoms. The molecule has 0 spiro atoms. The standard InChI is InChI=1S/C29H32FN3O2/c1-3-4-23(32-29(35)19-7-13-25(34)14-8-19)15-20-5-6-21-16-27-26(18(2)28(20)21)17-31-33(27)24-11-9-22(30)10-12-24/h7-14,16-18,20,23,31,34H,3-6,15H2,1-2H3,(H,32,35)/t18-,20+,23?/m0/s1. The van der Waals surface area contributed by atoms with Crippen molar-refractivity contribution in [1.29, 1.82) is 0 Å². The number of fused-ring (bicyclic) bond motifs is 1. The highest BCUT2D eigenvalue weighted by atomic mass is 19.1. The fraction of sp³-hybridized carbons (Fsp3) is 0.345. The Morgan fingerprint density at radius 3 is 2.66 bits per heavy atom. The summed E-state index contributed by atoms with van der Waals surface area (Å²) in [5.74, 6) is 0.535. The van der Waals surface area contributed by atoms with Crippen molar-refractivity contribution in [2.75, 3.05) is 5.01 Å². The van der Waals surface area contributed by atoms with Crippen molar-refractivity contribution in [2.24, 2.45) is 11.8 Å². The van der Waals surface area contributed by atoms with Gasteiger partial charge in [0.1, 0.15) is 11.6 Å². The summed E-state index contributed by atoms with van der Waals surface area (Å²) in [7, 11) is 0. The van der Waals surface area contributed by atoms with Crippen molar-refractivity contribution in [3.05, 3.63) is 94.6 Å². The number of hydrazine groups is 1. The molecule has 0 fully saturated rings. The number of halogens is 1. The van der Waals surface area contributed by atoms with Gasteiger partial charge in [-0.1, -0.05) is 25.8 Å². The molecule has 3 N–H and O–H groups in total. The van der Waals surface area contributed by atoms with E-state index in [1.54, 1.807) is 36.4 Å². The van der Waals surface area contributed by atoms with Gasteiger partial charge in [0.15, 0.2) is 0 Å². The minimum absolute atomic E-state index is 0.0906. The van der Waals surface area contributed by atoms with Crippen LogP contribution >= 0.6 is 0 Å². The maximum atomic E-state index is 13.4. The summed E-state index contributed by atoms with van der Waals surface area (Å²) >= 11 is 0. The number of carbonyl (C=O) groups is 1. The van der Waals surface area contributed by atoms with Crippen LogP contribution in [0, 0.1) is 17.7 Å². The number of aromatic hydroxyl groups is 1. The van der Waals surface area contributed by atoms with Gasteiger partial charge in [-0.3, -0.25) is 9.80 Å². The topological polar surface area (TPSA) is 64.6 Å². The molecule has 2 aliphatic carbocycles. The highest BCUT2D eigenvalue weighted by Gasteiger charge is 2.38. The van der Waals surface area contributed by atoms with Crippen LogP contribution in [0.1, 0.15) is 56.3 Å². The lowest BCUT2D eigenvalue weighted by molar-refractivity contribution is 0.0929. The third-order valence-corrected chi connectivity index (χ3v) is 7.46. The number of nitrogens with one attached hydrogen (secondary N) is 2. The van der Waals surface area contributed by atoms with Gasteiger partial charge >= 0.3 is 0 Å².